The molecule has 45 heteroatoms. The molecule has 2 heterocycles. The smallest absolute Gasteiger partial charge is 1.00 e. The minimum absolute atomic E-state index is 0. The Balaban J connectivity index is 0.000000752. The predicted molar refractivity (Wildman–Crippen MR) is 368 cm³/mol. The van der Waals surface area contributed by atoms with Crippen LogP contribution in [-0.2, 0) is 37.5 Å². The van der Waals surface area contributed by atoms with Crippen LogP contribution in [0.1, 0.15) is 67.5 Å². The van der Waals surface area contributed by atoms with Crippen molar-refractivity contribution in [3.05, 3.63) is 255 Å². The van der Waals surface area contributed by atoms with Gasteiger partial charge in [-0.15, -0.1) is 0 Å². The van der Waals surface area contributed by atoms with Gasteiger partial charge in [-0.25, -0.2) is 96.9 Å². The second kappa shape index (κ2) is 42.3. The number of carbonyl (C=O) groups is 4. The minimum Gasteiger partial charge on any atom is -1.00 e. The first-order chi connectivity index (χ1) is 48.6. The van der Waals surface area contributed by atoms with Crippen LogP contribution in [0.4, 0.5) is 91.6 Å². The molecule has 0 spiro atoms. The fourth-order valence-corrected chi connectivity index (χ4v) is 11.5. The van der Waals surface area contributed by atoms with E-state index in [0.717, 1.165) is 76.2 Å². The summed E-state index contributed by atoms with van der Waals surface area (Å²) in [6, 6.07) is 25.2. The molecule has 584 valence electrons. The number of halogens is 17. The van der Waals surface area contributed by atoms with Crippen molar-refractivity contribution in [2.45, 2.75) is 43.4 Å². The summed E-state index contributed by atoms with van der Waals surface area (Å²) in [4.78, 5) is 53.6. The van der Waals surface area contributed by atoms with Crippen LogP contribution in [0.15, 0.2) is 160 Å². The van der Waals surface area contributed by atoms with Crippen LogP contribution in [0, 0.1) is 89.5 Å². The van der Waals surface area contributed by atoms with Crippen molar-refractivity contribution < 1.29 is 167 Å². The van der Waals surface area contributed by atoms with Crippen LogP contribution < -0.4 is 68.5 Å². The number of nitrogen functional groups attached to an aromatic ring is 1. The van der Waals surface area contributed by atoms with Crippen molar-refractivity contribution >= 4 is 128 Å². The van der Waals surface area contributed by atoms with Gasteiger partial charge in [-0.1, -0.05) is 32.5 Å². The van der Waals surface area contributed by atoms with E-state index in [2.05, 4.69) is 31.3 Å². The van der Waals surface area contributed by atoms with Gasteiger partial charge in [-0.2, -0.15) is 17.7 Å². The minimum atomic E-state index is -4.43. The number of hydrogen-bond acceptors (Lipinski definition) is 17. The third-order valence-corrected chi connectivity index (χ3v) is 17.6. The number of hydrogen-bond donors (Lipinski definition) is 7. The summed E-state index contributed by atoms with van der Waals surface area (Å²) in [5.41, 5.74) is 5.84. The quantitative estimate of drug-likeness (QED) is 0.0142. The van der Waals surface area contributed by atoms with Crippen LogP contribution in [0.25, 0.3) is 0 Å². The average Bonchev–Trinajstić information content (AvgIpc) is 0.780. The van der Waals surface area contributed by atoms with E-state index >= 15 is 0 Å². The summed E-state index contributed by atoms with van der Waals surface area (Å²) >= 11 is 0. The van der Waals surface area contributed by atoms with E-state index in [9.17, 15) is 102 Å². The maximum atomic E-state index is 14.8. The van der Waals surface area contributed by atoms with Gasteiger partial charge in [0.1, 0.15) is 43.8 Å². The number of nitrogens with zero attached hydrogens (tertiary/aromatic N) is 4. The average molecular weight is 1720 g/mol. The molecule has 0 aliphatic carbocycles. The van der Waals surface area contributed by atoms with E-state index in [4.69, 9.17) is 50.3 Å². The third-order valence-electron chi connectivity index (χ3n) is 13.0. The molecule has 0 unspecified atom stereocenters. The van der Waals surface area contributed by atoms with E-state index < -0.39 is 163 Å². The third kappa shape index (κ3) is 30.1. The summed E-state index contributed by atoms with van der Waals surface area (Å²) in [7, 11) is -3.30. The fourth-order valence-electron chi connectivity index (χ4n) is 8.14. The van der Waals surface area contributed by atoms with Crippen molar-refractivity contribution in [1.29, 1.82) is 0 Å². The Kier molecular flexibility index (Phi) is 38.1. The molecule has 1 aliphatic rings. The topological polar surface area (TPSA) is 360 Å². The molecule has 9 aromatic rings. The number of carbonyl (C=O) groups excluding carboxylic acids is 2. The molecule has 8 N–H and O–H groups in total. The van der Waals surface area contributed by atoms with E-state index in [-0.39, 0.29) is 111 Å². The Hall–Kier alpha value is -8.91. The molecule has 10 rings (SSSR count). The second-order valence-electron chi connectivity index (χ2n) is 20.6. The maximum Gasteiger partial charge on any atom is 1.00 e. The van der Waals surface area contributed by atoms with Crippen LogP contribution in [0.3, 0.4) is 0 Å². The fraction of sp³-hybridized carbons (Fsp3) is 0.125. The second-order valence-corrected chi connectivity index (χ2v) is 29.6. The number of carboxylic acid groups (broad SMARTS) is 2. The number of aryl methyl sites for hydroxylation is 2. The van der Waals surface area contributed by atoms with Crippen molar-refractivity contribution in [2.24, 2.45) is 0 Å². The summed E-state index contributed by atoms with van der Waals surface area (Å²) in [6.45, 7) is 4.23. The number of piperazine rings is 1. The van der Waals surface area contributed by atoms with Crippen molar-refractivity contribution in [3.8, 4) is 0 Å². The molecule has 1 aromatic heterocycles. The number of nitrogens with one attached hydrogen (secondary N) is 3. The largest absolute Gasteiger partial charge is 1.00 e. The number of carboxylic acids is 2. The molecule has 8 aromatic carbocycles. The Morgan fingerprint density at radius 3 is 1.17 bits per heavy atom. The predicted octanol–water partition coefficient (Wildman–Crippen LogP) is 8.55. The first-order valence-electron chi connectivity index (χ1n) is 28.1. The first kappa shape index (κ1) is 98.1. The molecule has 109 heavy (non-hydrogen) atoms. The number of nitrogens with two attached hydrogens (primary N) is 1. The first-order valence-corrected chi connectivity index (χ1v) is 36.4. The standard InChI is InChI=1S/C29H26F4N6O3S.C13H6ClF4NO3S.C7H4ClFO4S.C7H5FO2.C6H4F3N.2CH4.ClHO3S.ClH.Na/c1-17-3-6-20(7-4-17)35-26-13-18(2)34-29(37-26)38-9-11-39(12-10-38)43(41,42)25-14-19(5-8-22(25)30)28(40)36-21-15-23(31)27(33)24(32)16-21;14-23(21,22)11-3-6(1-2-8(11)15)13(20)19-7-4-9(16)12(18)10(17)5-7;8-14(12,13)6-3-4(7(10)11)1-2-5(6)9;8-6-3-1-5(2-4-6)7(9)10;7-4-1-3(10)2-5(8)6(4)9;;;1-5(2,3)4;;/h3-8,13-16H,9-12H2,1-2H3,(H,36,40)(H,34,35,37);1-5H,(H,19,20);1-3H,(H,10,11);1-4H,(H,9,10);1-2H,10H2;2*1H4;(H,2,3,4);1H;/q;;;;;;;;;+1/p-1. The number of aromatic carboxylic acids is 2. The molecule has 2 amide bonds. The van der Waals surface area contributed by atoms with Gasteiger partial charge >= 0.3 is 50.8 Å². The Morgan fingerprint density at radius 2 is 0.789 bits per heavy atom. The van der Waals surface area contributed by atoms with Gasteiger partial charge in [0.2, 0.25) is 16.0 Å². The number of anilines is 6. The van der Waals surface area contributed by atoms with Gasteiger partial charge in [0.05, 0.1) is 11.1 Å². The van der Waals surface area contributed by atoms with Gasteiger partial charge in [-0.3, -0.25) is 14.1 Å². The molecule has 1 saturated heterocycles. The number of amides is 2. The monoisotopic (exact) mass is 1710 g/mol. The molecular weight excluding hydrogens is 1660 g/mol. The number of aromatic nitrogens is 2. The maximum absolute atomic E-state index is 14.8. The molecule has 1 aliphatic heterocycles. The van der Waals surface area contributed by atoms with Crippen LogP contribution in [-0.4, -0.2) is 113 Å². The van der Waals surface area contributed by atoms with E-state index in [1.807, 2.05) is 48.3 Å². The van der Waals surface area contributed by atoms with Crippen LogP contribution in [0.2, 0.25) is 0 Å². The molecular formula is C64H54Cl4F13N8NaO15S4. The number of sulfonamides is 1. The zero-order chi connectivity index (χ0) is 79.0. The Morgan fingerprint density at radius 1 is 0.450 bits per heavy atom. The van der Waals surface area contributed by atoms with Gasteiger partial charge in [0.15, 0.2) is 52.4 Å². The summed E-state index contributed by atoms with van der Waals surface area (Å²) < 4.78 is 266. The van der Waals surface area contributed by atoms with Crippen molar-refractivity contribution in [2.75, 3.05) is 52.8 Å². The van der Waals surface area contributed by atoms with E-state index in [1.165, 1.54) is 12.1 Å². The van der Waals surface area contributed by atoms with E-state index in [0.29, 0.717) is 59.9 Å². The Labute approximate surface area is 654 Å². The summed E-state index contributed by atoms with van der Waals surface area (Å²) in [6.07, 6.45) is 0. The molecule has 23 nitrogen and oxygen atoms in total. The zero-order valence-electron chi connectivity index (χ0n) is 53.9. The molecule has 1 fully saturated rings. The van der Waals surface area contributed by atoms with Crippen LogP contribution in [0.5, 0.6) is 0 Å². The molecule has 0 bridgehead atoms. The van der Waals surface area contributed by atoms with E-state index in [1.54, 1.807) is 6.07 Å². The molecule has 0 saturated carbocycles. The zero-order valence-corrected chi connectivity index (χ0v) is 62.1. The van der Waals surface area contributed by atoms with Crippen molar-refractivity contribution in [3.63, 3.8) is 0 Å². The number of rotatable bonds is 13. The normalized spacial score (nSPS) is 11.7. The van der Waals surface area contributed by atoms with Crippen molar-refractivity contribution in [1.82, 2.24) is 14.3 Å². The van der Waals surface area contributed by atoms with Gasteiger partial charge in [-0.05, 0) is 105 Å². The SMILES string of the molecule is C.C.Cc1ccc(Nc2cc(C)nc(N3CCN(S(=O)(=O)c4cc(C(=O)Nc5cc(F)c(F)c(F)c5)ccc4F)CC3)n2)cc1.Nc1cc(F)c(F)c(F)c1.O=C(Nc1cc(F)c(F)c(F)c1)c1ccc(F)c(S(=O)(=O)Cl)c1.O=C(O)c1ccc(F)c(S(=O)(=O)Cl)c1.O=C(O)c1ccc(F)cc1.O=S(=O)(O)Cl.[Cl-].[Na+]. The summed E-state index contributed by atoms with van der Waals surface area (Å²) in [5, 5.41) is 24.3. The molecule has 0 atom stereocenters. The number of benzene rings is 8. The van der Waals surface area contributed by atoms with Crippen LogP contribution >= 0.6 is 32.0 Å². The van der Waals surface area contributed by atoms with Gasteiger partial charge < -0.3 is 49.2 Å². The molecule has 0 radical (unpaired) electrons. The van der Waals surface area contributed by atoms with Gasteiger partial charge in [0, 0.05) is 140 Å². The van der Waals surface area contributed by atoms with Gasteiger partial charge in [0.25, 0.3) is 29.9 Å². The summed E-state index contributed by atoms with van der Waals surface area (Å²) in [5.74, 6) is -20.7. The Bertz CT molecular complexity index is 5180.